The van der Waals surface area contributed by atoms with Crippen molar-refractivity contribution in [3.63, 3.8) is 0 Å². The van der Waals surface area contributed by atoms with Gasteiger partial charge in [0.2, 0.25) is 0 Å². The number of rotatable bonds is 2. The summed E-state index contributed by atoms with van der Waals surface area (Å²) < 4.78 is -0.327. The van der Waals surface area contributed by atoms with Crippen molar-refractivity contribution >= 4 is 52.6 Å². The van der Waals surface area contributed by atoms with E-state index in [0.717, 1.165) is 0 Å². The van der Waals surface area contributed by atoms with Gasteiger partial charge in [0.1, 0.15) is 6.04 Å². The van der Waals surface area contributed by atoms with Crippen LogP contribution in [0, 0.1) is 5.92 Å². The average molecular weight is 373 g/mol. The van der Waals surface area contributed by atoms with E-state index in [1.807, 2.05) is 13.8 Å². The van der Waals surface area contributed by atoms with E-state index in [1.54, 1.807) is 34.9 Å². The Morgan fingerprint density at radius 3 is 2.39 bits per heavy atom. The zero-order valence-corrected chi connectivity index (χ0v) is 15.7. The number of urea groups is 1. The summed E-state index contributed by atoms with van der Waals surface area (Å²) >= 11 is 13.7. The lowest BCUT2D eigenvalue weighted by Gasteiger charge is -2.25. The smallest absolute Gasteiger partial charge is 0.298 e. The quantitative estimate of drug-likeness (QED) is 0.710. The van der Waals surface area contributed by atoms with Gasteiger partial charge in [-0.05, 0) is 38.0 Å². The van der Waals surface area contributed by atoms with Gasteiger partial charge in [0, 0.05) is 4.75 Å². The highest BCUT2D eigenvalue weighted by Gasteiger charge is 2.61. The highest BCUT2D eigenvalue weighted by Crippen LogP contribution is 2.51. The molecule has 0 aliphatic carbocycles. The summed E-state index contributed by atoms with van der Waals surface area (Å²) in [5, 5.41) is 0.705. The minimum Gasteiger partial charge on any atom is -0.298 e. The Hall–Kier alpha value is -0.910. The number of halogens is 2. The van der Waals surface area contributed by atoms with Gasteiger partial charge >= 0.3 is 6.03 Å². The normalized spacial score (nSPS) is 26.4. The van der Waals surface area contributed by atoms with Crippen molar-refractivity contribution in [3.8, 4) is 0 Å². The maximum absolute atomic E-state index is 13.0. The fourth-order valence-electron chi connectivity index (χ4n) is 3.20. The third-order valence-electron chi connectivity index (χ3n) is 4.23. The molecule has 1 aromatic carbocycles. The molecule has 2 aliphatic rings. The summed E-state index contributed by atoms with van der Waals surface area (Å²) in [6, 6.07) is 4.07. The van der Waals surface area contributed by atoms with Crippen LogP contribution in [-0.2, 0) is 4.79 Å². The van der Waals surface area contributed by atoms with Crippen LogP contribution in [0.1, 0.15) is 27.7 Å². The molecule has 7 heteroatoms. The van der Waals surface area contributed by atoms with Crippen molar-refractivity contribution in [2.45, 2.75) is 43.9 Å². The van der Waals surface area contributed by atoms with Gasteiger partial charge in [-0.25, -0.2) is 9.69 Å². The van der Waals surface area contributed by atoms with Gasteiger partial charge in [0.15, 0.2) is 0 Å². The van der Waals surface area contributed by atoms with E-state index in [1.165, 1.54) is 4.90 Å². The average Bonchev–Trinajstić information content (AvgIpc) is 2.88. The lowest BCUT2D eigenvalue weighted by molar-refractivity contribution is -0.120. The Morgan fingerprint density at radius 1 is 1.17 bits per heavy atom. The molecule has 0 N–H and O–H groups in total. The molecule has 0 spiro atoms. The topological polar surface area (TPSA) is 40.6 Å². The molecule has 3 rings (SSSR count). The van der Waals surface area contributed by atoms with Crippen molar-refractivity contribution in [3.05, 3.63) is 28.2 Å². The van der Waals surface area contributed by atoms with Crippen LogP contribution in [0.4, 0.5) is 10.5 Å². The van der Waals surface area contributed by atoms with Gasteiger partial charge in [-0.3, -0.25) is 9.69 Å². The lowest BCUT2D eigenvalue weighted by Crippen LogP contribution is -2.43. The Kier molecular flexibility index (Phi) is 4.10. The minimum atomic E-state index is -0.457. The van der Waals surface area contributed by atoms with Crippen molar-refractivity contribution in [1.29, 1.82) is 0 Å². The first-order chi connectivity index (χ1) is 10.6. The Morgan fingerprint density at radius 2 is 1.83 bits per heavy atom. The van der Waals surface area contributed by atoms with Crippen molar-refractivity contribution in [1.82, 2.24) is 4.90 Å². The van der Waals surface area contributed by atoms with Gasteiger partial charge < -0.3 is 0 Å². The first kappa shape index (κ1) is 16.9. The van der Waals surface area contributed by atoms with Crippen molar-refractivity contribution in [2.75, 3.05) is 4.90 Å². The van der Waals surface area contributed by atoms with Crippen LogP contribution in [0.3, 0.4) is 0 Å². The molecule has 2 aliphatic heterocycles. The van der Waals surface area contributed by atoms with Crippen LogP contribution in [0.2, 0.25) is 10.0 Å². The Labute approximate surface area is 150 Å². The number of carbonyl (C=O) groups is 2. The molecule has 2 atom stereocenters. The number of benzene rings is 1. The number of amides is 3. The molecule has 2 heterocycles. The number of fused-ring (bicyclic) bond motifs is 1. The van der Waals surface area contributed by atoms with E-state index in [-0.39, 0.29) is 28.0 Å². The monoisotopic (exact) mass is 372 g/mol. The van der Waals surface area contributed by atoms with Gasteiger partial charge in [-0.15, -0.1) is 11.8 Å². The second kappa shape index (κ2) is 5.57. The predicted octanol–water partition coefficient (Wildman–Crippen LogP) is 4.64. The number of hydrogen-bond donors (Lipinski definition) is 0. The van der Waals surface area contributed by atoms with Crippen molar-refractivity contribution < 1.29 is 9.59 Å². The lowest BCUT2D eigenvalue weighted by atomic mass is 10.0. The molecule has 0 saturated carbocycles. The van der Waals surface area contributed by atoms with Crippen LogP contribution in [-0.4, -0.2) is 33.0 Å². The highest BCUT2D eigenvalue weighted by molar-refractivity contribution is 8.01. The fraction of sp³-hybridized carbons (Fsp3) is 0.500. The second-order valence-electron chi connectivity index (χ2n) is 6.72. The van der Waals surface area contributed by atoms with Crippen molar-refractivity contribution in [2.24, 2.45) is 5.92 Å². The van der Waals surface area contributed by atoms with E-state index in [0.29, 0.717) is 15.7 Å². The largest absolute Gasteiger partial charge is 0.333 e. The number of hydrogen-bond acceptors (Lipinski definition) is 3. The first-order valence-corrected chi connectivity index (χ1v) is 9.08. The van der Waals surface area contributed by atoms with E-state index >= 15 is 0 Å². The highest BCUT2D eigenvalue weighted by atomic mass is 35.5. The summed E-state index contributed by atoms with van der Waals surface area (Å²) in [6.45, 7) is 8.16. The molecule has 2 fully saturated rings. The molecule has 2 saturated heterocycles. The summed E-state index contributed by atoms with van der Waals surface area (Å²) in [6.07, 6.45) is 0. The summed E-state index contributed by atoms with van der Waals surface area (Å²) in [4.78, 5) is 28.8. The van der Waals surface area contributed by atoms with E-state index in [2.05, 4.69) is 13.8 Å². The first-order valence-electron chi connectivity index (χ1n) is 7.44. The molecular formula is C16H18Cl2N2O2S. The fourth-order valence-corrected chi connectivity index (χ4v) is 5.06. The molecule has 2 unspecified atom stereocenters. The van der Waals surface area contributed by atoms with E-state index in [4.69, 9.17) is 23.2 Å². The zero-order valence-electron chi connectivity index (χ0n) is 13.3. The SMILES string of the molecule is CC(C)C1SC(C)(C)C2C(=O)N(c3ccc(Cl)c(Cl)c3)C(=O)N12. The van der Waals surface area contributed by atoms with Gasteiger partial charge in [0.05, 0.1) is 21.1 Å². The van der Waals surface area contributed by atoms with E-state index < -0.39 is 6.04 Å². The zero-order chi connectivity index (χ0) is 17.1. The third-order valence-corrected chi connectivity index (χ3v) is 6.82. The molecule has 3 amide bonds. The summed E-state index contributed by atoms with van der Waals surface area (Å²) in [5.41, 5.74) is 0.465. The van der Waals surface area contributed by atoms with Crippen LogP contribution in [0.25, 0.3) is 0 Å². The molecule has 124 valence electrons. The van der Waals surface area contributed by atoms with Crippen LogP contribution in [0.5, 0.6) is 0 Å². The molecule has 4 nitrogen and oxygen atoms in total. The molecule has 0 aromatic heterocycles. The Balaban J connectivity index is 2.04. The molecule has 23 heavy (non-hydrogen) atoms. The number of imide groups is 1. The predicted molar refractivity (Wildman–Crippen MR) is 95.3 cm³/mol. The number of nitrogens with zero attached hydrogens (tertiary/aromatic N) is 2. The number of anilines is 1. The second-order valence-corrected chi connectivity index (χ2v) is 9.31. The molecule has 0 bridgehead atoms. The van der Waals surface area contributed by atoms with E-state index in [9.17, 15) is 9.59 Å². The standard InChI is InChI=1S/C16H18Cl2N2O2S/c1-8(2)14-20-12(16(3,4)23-14)13(21)19(15(20)22)9-5-6-10(17)11(18)7-9/h5-8,12,14H,1-4H3. The molecular weight excluding hydrogens is 355 g/mol. The third kappa shape index (κ3) is 2.53. The maximum atomic E-state index is 13.0. The Bertz CT molecular complexity index is 693. The van der Waals surface area contributed by atoms with Gasteiger partial charge in [-0.2, -0.15) is 0 Å². The number of thioether (sulfide) groups is 1. The summed E-state index contributed by atoms with van der Waals surface area (Å²) in [5.74, 6) is 0.0591. The van der Waals surface area contributed by atoms with Crippen LogP contribution in [0.15, 0.2) is 18.2 Å². The van der Waals surface area contributed by atoms with Gasteiger partial charge in [-0.1, -0.05) is 37.0 Å². The summed E-state index contributed by atoms with van der Waals surface area (Å²) in [7, 11) is 0. The maximum Gasteiger partial charge on any atom is 0.333 e. The number of carbonyl (C=O) groups excluding carboxylic acids is 2. The van der Waals surface area contributed by atoms with Crippen LogP contribution < -0.4 is 4.90 Å². The van der Waals surface area contributed by atoms with Gasteiger partial charge in [0.25, 0.3) is 5.91 Å². The van der Waals surface area contributed by atoms with Crippen LogP contribution >= 0.6 is 35.0 Å². The minimum absolute atomic E-state index is 0.0146. The molecule has 0 radical (unpaired) electrons. The molecule has 1 aromatic rings.